The van der Waals surface area contributed by atoms with E-state index >= 15 is 0 Å². The molecule has 0 aromatic carbocycles. The standard InChI is InChI=1S/C20H34N4O2/c1-14(19-23-12-17(26-19)20(2,3)4)24-10-6-7-15(13-24)11-22-18(25)16-8-5-9-21-16/h12,14-16,21H,5-11,13H2,1-4H3,(H,22,25). The van der Waals surface area contributed by atoms with E-state index in [0.29, 0.717) is 5.92 Å². The van der Waals surface area contributed by atoms with Gasteiger partial charge >= 0.3 is 0 Å². The Morgan fingerprint density at radius 1 is 1.42 bits per heavy atom. The van der Waals surface area contributed by atoms with Crippen molar-refractivity contribution in [2.75, 3.05) is 26.2 Å². The van der Waals surface area contributed by atoms with Gasteiger partial charge in [0.2, 0.25) is 11.8 Å². The number of rotatable bonds is 5. The third-order valence-electron chi connectivity index (χ3n) is 5.66. The number of oxazole rings is 1. The van der Waals surface area contributed by atoms with E-state index in [0.717, 1.165) is 57.1 Å². The maximum Gasteiger partial charge on any atom is 0.237 e. The summed E-state index contributed by atoms with van der Waals surface area (Å²) in [6.45, 7) is 12.3. The summed E-state index contributed by atoms with van der Waals surface area (Å²) in [6.07, 6.45) is 6.24. The second-order valence-corrected chi connectivity index (χ2v) is 8.89. The van der Waals surface area contributed by atoms with Gasteiger partial charge in [-0.3, -0.25) is 9.69 Å². The highest BCUT2D eigenvalue weighted by molar-refractivity contribution is 5.81. The fraction of sp³-hybridized carbons (Fsp3) is 0.800. The fourth-order valence-corrected chi connectivity index (χ4v) is 3.88. The van der Waals surface area contributed by atoms with E-state index in [1.165, 1.54) is 6.42 Å². The monoisotopic (exact) mass is 362 g/mol. The van der Waals surface area contributed by atoms with Crippen LogP contribution in [0.25, 0.3) is 0 Å². The third kappa shape index (κ3) is 4.65. The first kappa shape index (κ1) is 19.4. The summed E-state index contributed by atoms with van der Waals surface area (Å²) >= 11 is 0. The molecule has 2 aliphatic heterocycles. The molecule has 26 heavy (non-hydrogen) atoms. The van der Waals surface area contributed by atoms with Gasteiger partial charge in [0, 0.05) is 18.5 Å². The normalized spacial score (nSPS) is 26.0. The third-order valence-corrected chi connectivity index (χ3v) is 5.66. The quantitative estimate of drug-likeness (QED) is 0.843. The van der Waals surface area contributed by atoms with Gasteiger partial charge in [-0.2, -0.15) is 0 Å². The molecule has 3 heterocycles. The molecule has 0 saturated carbocycles. The Kier molecular flexibility index (Phi) is 6.03. The van der Waals surface area contributed by atoms with E-state index in [2.05, 4.69) is 48.2 Å². The van der Waals surface area contributed by atoms with Crippen molar-refractivity contribution in [1.29, 1.82) is 0 Å². The van der Waals surface area contributed by atoms with Gasteiger partial charge in [-0.05, 0) is 51.6 Å². The number of piperidine rings is 1. The second kappa shape index (κ2) is 8.09. The van der Waals surface area contributed by atoms with Crippen LogP contribution in [-0.2, 0) is 10.2 Å². The van der Waals surface area contributed by atoms with Crippen LogP contribution in [0, 0.1) is 5.92 Å². The van der Waals surface area contributed by atoms with Gasteiger partial charge in [-0.25, -0.2) is 4.98 Å². The topological polar surface area (TPSA) is 70.4 Å². The first-order valence-corrected chi connectivity index (χ1v) is 10.1. The number of amides is 1. The molecule has 1 aromatic heterocycles. The molecule has 3 rings (SSSR count). The summed E-state index contributed by atoms with van der Waals surface area (Å²) in [7, 11) is 0. The molecule has 3 atom stereocenters. The zero-order valence-electron chi connectivity index (χ0n) is 16.7. The van der Waals surface area contributed by atoms with Gasteiger partial charge in [0.05, 0.1) is 18.3 Å². The molecule has 0 bridgehead atoms. The summed E-state index contributed by atoms with van der Waals surface area (Å²) < 4.78 is 6.03. The van der Waals surface area contributed by atoms with Gasteiger partial charge in [0.1, 0.15) is 5.76 Å². The van der Waals surface area contributed by atoms with Crippen molar-refractivity contribution >= 4 is 5.91 Å². The Labute approximate surface area is 157 Å². The van der Waals surface area contributed by atoms with E-state index in [-0.39, 0.29) is 23.4 Å². The van der Waals surface area contributed by atoms with Crippen molar-refractivity contribution in [3.05, 3.63) is 17.8 Å². The van der Waals surface area contributed by atoms with Crippen LogP contribution in [0.3, 0.4) is 0 Å². The zero-order valence-corrected chi connectivity index (χ0v) is 16.7. The molecule has 2 N–H and O–H groups in total. The van der Waals surface area contributed by atoms with Gasteiger partial charge in [0.15, 0.2) is 0 Å². The average Bonchev–Trinajstić information content (AvgIpc) is 3.30. The SMILES string of the molecule is CC(c1ncc(C(C)(C)C)o1)N1CCCC(CNC(=O)C2CCCN2)C1. The average molecular weight is 363 g/mol. The van der Waals surface area contributed by atoms with Crippen LogP contribution in [0.15, 0.2) is 10.6 Å². The molecular formula is C20H34N4O2. The van der Waals surface area contributed by atoms with Crippen LogP contribution in [0.1, 0.15) is 71.1 Å². The molecule has 0 spiro atoms. The summed E-state index contributed by atoms with van der Waals surface area (Å²) in [5.74, 6) is 2.39. The van der Waals surface area contributed by atoms with Crippen molar-refractivity contribution in [3.63, 3.8) is 0 Å². The highest BCUT2D eigenvalue weighted by atomic mass is 16.4. The largest absolute Gasteiger partial charge is 0.443 e. The smallest absolute Gasteiger partial charge is 0.237 e. The summed E-state index contributed by atoms with van der Waals surface area (Å²) in [6, 6.07) is 0.179. The number of hydrogen-bond donors (Lipinski definition) is 2. The summed E-state index contributed by atoms with van der Waals surface area (Å²) in [4.78, 5) is 19.2. The molecule has 0 aliphatic carbocycles. The molecule has 6 nitrogen and oxygen atoms in total. The molecule has 3 unspecified atom stereocenters. The van der Waals surface area contributed by atoms with Crippen molar-refractivity contribution in [2.45, 2.75) is 70.9 Å². The van der Waals surface area contributed by atoms with Crippen molar-refractivity contribution < 1.29 is 9.21 Å². The lowest BCUT2D eigenvalue weighted by atomic mass is 9.94. The molecule has 1 amide bonds. The first-order valence-electron chi connectivity index (χ1n) is 10.1. The Morgan fingerprint density at radius 2 is 2.23 bits per heavy atom. The minimum atomic E-state index is -0.0199. The van der Waals surface area contributed by atoms with Gasteiger partial charge < -0.3 is 15.1 Å². The lowest BCUT2D eigenvalue weighted by molar-refractivity contribution is -0.123. The van der Waals surface area contributed by atoms with E-state index in [9.17, 15) is 4.79 Å². The number of nitrogens with zero attached hydrogens (tertiary/aromatic N) is 2. The van der Waals surface area contributed by atoms with Crippen molar-refractivity contribution in [2.24, 2.45) is 5.92 Å². The molecule has 2 fully saturated rings. The minimum absolute atomic E-state index is 0.0109. The molecular weight excluding hydrogens is 328 g/mol. The maximum atomic E-state index is 12.2. The summed E-state index contributed by atoms with van der Waals surface area (Å²) in [5, 5.41) is 6.41. The van der Waals surface area contributed by atoms with Crippen LogP contribution < -0.4 is 10.6 Å². The van der Waals surface area contributed by atoms with Gasteiger partial charge in [0.25, 0.3) is 0 Å². The lowest BCUT2D eigenvalue weighted by Crippen LogP contribution is -2.45. The molecule has 1 aromatic rings. The van der Waals surface area contributed by atoms with Crippen LogP contribution in [0.4, 0.5) is 0 Å². The van der Waals surface area contributed by atoms with Gasteiger partial charge in [-0.15, -0.1) is 0 Å². The predicted molar refractivity (Wildman–Crippen MR) is 102 cm³/mol. The second-order valence-electron chi connectivity index (χ2n) is 8.89. The number of nitrogens with one attached hydrogen (secondary N) is 2. The fourth-order valence-electron chi connectivity index (χ4n) is 3.88. The van der Waals surface area contributed by atoms with Gasteiger partial charge in [-0.1, -0.05) is 20.8 Å². The van der Waals surface area contributed by atoms with Crippen LogP contribution in [-0.4, -0.2) is 48.0 Å². The lowest BCUT2D eigenvalue weighted by Gasteiger charge is -2.35. The highest BCUT2D eigenvalue weighted by Gasteiger charge is 2.29. The Balaban J connectivity index is 1.52. The van der Waals surface area contributed by atoms with Crippen molar-refractivity contribution in [3.8, 4) is 0 Å². The molecule has 0 radical (unpaired) electrons. The molecule has 2 aliphatic rings. The van der Waals surface area contributed by atoms with Crippen LogP contribution in [0.5, 0.6) is 0 Å². The summed E-state index contributed by atoms with van der Waals surface area (Å²) in [5.41, 5.74) is -0.0199. The molecule has 6 heteroatoms. The number of likely N-dealkylation sites (tertiary alicyclic amines) is 1. The molecule has 146 valence electrons. The van der Waals surface area contributed by atoms with Crippen molar-refractivity contribution in [1.82, 2.24) is 20.5 Å². The Morgan fingerprint density at radius 3 is 2.88 bits per heavy atom. The number of carbonyl (C=O) groups is 1. The van der Waals surface area contributed by atoms with E-state index in [1.807, 2.05) is 6.20 Å². The molecule has 2 saturated heterocycles. The number of hydrogen-bond acceptors (Lipinski definition) is 5. The number of carbonyl (C=O) groups excluding carboxylic acids is 1. The number of aromatic nitrogens is 1. The Hall–Kier alpha value is -1.40. The van der Waals surface area contributed by atoms with Crippen LogP contribution in [0.2, 0.25) is 0 Å². The van der Waals surface area contributed by atoms with E-state index in [4.69, 9.17) is 4.42 Å². The minimum Gasteiger partial charge on any atom is -0.443 e. The van der Waals surface area contributed by atoms with E-state index < -0.39 is 0 Å². The first-order chi connectivity index (χ1) is 12.3. The highest BCUT2D eigenvalue weighted by Crippen LogP contribution is 2.29. The predicted octanol–water partition coefficient (Wildman–Crippen LogP) is 2.61. The Bertz CT molecular complexity index is 601. The van der Waals surface area contributed by atoms with Crippen LogP contribution >= 0.6 is 0 Å². The maximum absolute atomic E-state index is 12.2. The zero-order chi connectivity index (χ0) is 18.7. The van der Waals surface area contributed by atoms with E-state index in [1.54, 1.807) is 0 Å².